The number of hydrazine groups is 1. The number of hydrogen-bond acceptors (Lipinski definition) is 11. The number of ether oxygens (including phenoxy) is 1. The number of thiazole rings is 1. The van der Waals surface area contributed by atoms with Crippen LogP contribution in [0.25, 0.3) is 10.2 Å². The maximum Gasteiger partial charge on any atom is 0.355 e. The molecule has 12 nitrogen and oxygen atoms in total. The summed E-state index contributed by atoms with van der Waals surface area (Å²) < 4.78 is 6.03. The second-order valence-corrected chi connectivity index (χ2v) is 6.98. The fraction of sp³-hybridized carbons (Fsp3) is 0.0556. The van der Waals surface area contributed by atoms with E-state index in [0.29, 0.717) is 16.4 Å². The van der Waals surface area contributed by atoms with Gasteiger partial charge in [0.1, 0.15) is 17.8 Å². The molecule has 4 aromatic rings. The minimum atomic E-state index is -0.659. The van der Waals surface area contributed by atoms with Gasteiger partial charge in [0.15, 0.2) is 5.13 Å². The molecule has 3 heterocycles. The number of rotatable bonds is 7. The van der Waals surface area contributed by atoms with Crippen molar-refractivity contribution in [3.63, 3.8) is 0 Å². The molecule has 1 amide bonds. The summed E-state index contributed by atoms with van der Waals surface area (Å²) in [7, 11) is 1.56. The SMILES string of the molecule is COc1ccc2nc(Nc3ncnc(NNC(=O)c4ccccn4)c3[N+](=O)[O-])sc2c1. The third-order valence-corrected chi connectivity index (χ3v) is 4.95. The number of benzene rings is 1. The summed E-state index contributed by atoms with van der Waals surface area (Å²) in [6, 6.07) is 10.2. The van der Waals surface area contributed by atoms with E-state index >= 15 is 0 Å². The molecule has 0 saturated carbocycles. The van der Waals surface area contributed by atoms with E-state index in [1.807, 2.05) is 6.07 Å². The lowest BCUT2D eigenvalue weighted by Crippen LogP contribution is -2.31. The zero-order chi connectivity index (χ0) is 21.8. The van der Waals surface area contributed by atoms with Crippen LogP contribution in [-0.4, -0.2) is 37.9 Å². The third kappa shape index (κ3) is 4.30. The summed E-state index contributed by atoms with van der Waals surface area (Å²) in [4.78, 5) is 39.3. The number of amides is 1. The normalized spacial score (nSPS) is 10.5. The highest BCUT2D eigenvalue weighted by atomic mass is 32.1. The smallest absolute Gasteiger partial charge is 0.355 e. The first-order valence-electron chi connectivity index (χ1n) is 8.73. The average molecular weight is 438 g/mol. The van der Waals surface area contributed by atoms with Crippen LogP contribution in [0.1, 0.15) is 10.5 Å². The molecule has 156 valence electrons. The summed E-state index contributed by atoms with van der Waals surface area (Å²) in [5.74, 6) is -0.191. The Bertz CT molecular complexity index is 1260. The minimum absolute atomic E-state index is 0.0828. The van der Waals surface area contributed by atoms with Crippen molar-refractivity contribution in [3.8, 4) is 5.75 Å². The van der Waals surface area contributed by atoms with E-state index in [0.717, 1.165) is 11.0 Å². The van der Waals surface area contributed by atoms with Crippen molar-refractivity contribution in [2.24, 2.45) is 0 Å². The number of carbonyl (C=O) groups is 1. The van der Waals surface area contributed by atoms with Gasteiger partial charge in [0, 0.05) is 6.20 Å². The number of hydrogen-bond donors (Lipinski definition) is 3. The topological polar surface area (TPSA) is 157 Å². The van der Waals surface area contributed by atoms with Crippen molar-refractivity contribution in [1.82, 2.24) is 25.4 Å². The van der Waals surface area contributed by atoms with Crippen molar-refractivity contribution >= 4 is 49.9 Å². The zero-order valence-electron chi connectivity index (χ0n) is 15.9. The summed E-state index contributed by atoms with van der Waals surface area (Å²) in [6.45, 7) is 0. The number of nitro groups is 1. The van der Waals surface area contributed by atoms with Crippen LogP contribution in [0.15, 0.2) is 48.9 Å². The number of aromatic nitrogens is 4. The van der Waals surface area contributed by atoms with Crippen LogP contribution in [0.4, 0.5) is 22.5 Å². The molecule has 3 aromatic heterocycles. The highest BCUT2D eigenvalue weighted by Crippen LogP contribution is 2.34. The fourth-order valence-corrected chi connectivity index (χ4v) is 3.49. The van der Waals surface area contributed by atoms with E-state index in [4.69, 9.17) is 4.74 Å². The summed E-state index contributed by atoms with van der Waals surface area (Å²) in [6.07, 6.45) is 2.58. The van der Waals surface area contributed by atoms with Gasteiger partial charge in [-0.2, -0.15) is 0 Å². The van der Waals surface area contributed by atoms with Crippen LogP contribution in [0, 0.1) is 10.1 Å². The Kier molecular flexibility index (Phi) is 5.49. The standard InChI is InChI=1S/C18H14N8O4S/c1-30-10-5-6-11-13(8-10)31-18(22-11)23-15-14(26(28)29)16(21-9-20-15)24-25-17(27)12-4-2-3-7-19-12/h2-9H,1H3,(H,25,27)(H2,20,21,22,23,24). The lowest BCUT2D eigenvalue weighted by Gasteiger charge is -2.09. The van der Waals surface area contributed by atoms with E-state index in [-0.39, 0.29) is 17.3 Å². The van der Waals surface area contributed by atoms with Crippen LogP contribution in [0.2, 0.25) is 0 Å². The Labute approximate surface area is 178 Å². The molecule has 0 aliphatic rings. The van der Waals surface area contributed by atoms with E-state index in [1.54, 1.807) is 31.4 Å². The van der Waals surface area contributed by atoms with Crippen LogP contribution in [0.5, 0.6) is 5.75 Å². The number of anilines is 3. The lowest BCUT2D eigenvalue weighted by atomic mass is 10.3. The quantitative estimate of drug-likeness (QED) is 0.289. The molecule has 4 rings (SSSR count). The van der Waals surface area contributed by atoms with Gasteiger partial charge in [-0.1, -0.05) is 17.4 Å². The van der Waals surface area contributed by atoms with Gasteiger partial charge in [0.05, 0.1) is 22.2 Å². The van der Waals surface area contributed by atoms with Crippen molar-refractivity contribution in [2.75, 3.05) is 17.9 Å². The van der Waals surface area contributed by atoms with Gasteiger partial charge in [-0.15, -0.1) is 0 Å². The van der Waals surface area contributed by atoms with Crippen molar-refractivity contribution in [3.05, 3.63) is 64.7 Å². The Hall–Kier alpha value is -4.39. The zero-order valence-corrected chi connectivity index (χ0v) is 16.7. The third-order valence-electron chi connectivity index (χ3n) is 4.02. The minimum Gasteiger partial charge on any atom is -0.497 e. The predicted octanol–water partition coefficient (Wildman–Crippen LogP) is 2.90. The molecule has 31 heavy (non-hydrogen) atoms. The number of nitrogens with zero attached hydrogens (tertiary/aromatic N) is 5. The number of methoxy groups -OCH3 is 1. The van der Waals surface area contributed by atoms with Crippen molar-refractivity contribution in [2.45, 2.75) is 0 Å². The van der Waals surface area contributed by atoms with Gasteiger partial charge in [-0.25, -0.2) is 15.0 Å². The molecular formula is C18H14N8O4S. The largest absolute Gasteiger partial charge is 0.497 e. The van der Waals surface area contributed by atoms with Gasteiger partial charge in [0.25, 0.3) is 5.91 Å². The van der Waals surface area contributed by atoms with Crippen LogP contribution in [-0.2, 0) is 0 Å². The molecule has 0 aliphatic carbocycles. The molecule has 0 spiro atoms. The summed E-state index contributed by atoms with van der Waals surface area (Å²) >= 11 is 1.28. The van der Waals surface area contributed by atoms with Crippen molar-refractivity contribution < 1.29 is 14.5 Å². The molecule has 0 bridgehead atoms. The number of nitrogens with one attached hydrogen (secondary N) is 3. The molecule has 0 saturated heterocycles. The van der Waals surface area contributed by atoms with E-state index in [9.17, 15) is 14.9 Å². The van der Waals surface area contributed by atoms with Crippen LogP contribution < -0.4 is 20.9 Å². The predicted molar refractivity (Wildman–Crippen MR) is 113 cm³/mol. The maximum absolute atomic E-state index is 12.1. The van der Waals surface area contributed by atoms with Crippen molar-refractivity contribution in [1.29, 1.82) is 0 Å². The first-order valence-corrected chi connectivity index (χ1v) is 9.55. The summed E-state index contributed by atoms with van der Waals surface area (Å²) in [5, 5.41) is 14.9. The molecule has 0 aliphatic heterocycles. The van der Waals surface area contributed by atoms with Gasteiger partial charge in [-0.3, -0.25) is 30.7 Å². The van der Waals surface area contributed by atoms with E-state index in [2.05, 4.69) is 36.1 Å². The molecule has 13 heteroatoms. The van der Waals surface area contributed by atoms with Gasteiger partial charge >= 0.3 is 5.69 Å². The van der Waals surface area contributed by atoms with Gasteiger partial charge in [0.2, 0.25) is 11.6 Å². The van der Waals surface area contributed by atoms with Gasteiger partial charge < -0.3 is 10.1 Å². The fourth-order valence-electron chi connectivity index (χ4n) is 2.60. The Morgan fingerprint density at radius 2 is 2.00 bits per heavy atom. The molecule has 0 fully saturated rings. The first kappa shape index (κ1) is 19.9. The average Bonchev–Trinajstić information content (AvgIpc) is 3.19. The Balaban J connectivity index is 1.58. The summed E-state index contributed by atoms with van der Waals surface area (Å²) in [5.41, 5.74) is 5.17. The molecule has 3 N–H and O–H groups in total. The Morgan fingerprint density at radius 1 is 1.16 bits per heavy atom. The van der Waals surface area contributed by atoms with E-state index in [1.165, 1.54) is 23.6 Å². The Morgan fingerprint density at radius 3 is 2.74 bits per heavy atom. The first-order chi connectivity index (χ1) is 15.0. The molecule has 0 atom stereocenters. The van der Waals surface area contributed by atoms with E-state index < -0.39 is 16.5 Å². The maximum atomic E-state index is 12.1. The van der Waals surface area contributed by atoms with Crippen LogP contribution in [0.3, 0.4) is 0 Å². The number of carbonyl (C=O) groups excluding carboxylic acids is 1. The molecule has 0 radical (unpaired) electrons. The highest BCUT2D eigenvalue weighted by Gasteiger charge is 2.24. The molecular weight excluding hydrogens is 424 g/mol. The number of pyridine rings is 1. The molecule has 0 unspecified atom stereocenters. The monoisotopic (exact) mass is 438 g/mol. The molecule has 1 aromatic carbocycles. The lowest BCUT2D eigenvalue weighted by molar-refractivity contribution is -0.383. The second-order valence-electron chi connectivity index (χ2n) is 5.95. The van der Waals surface area contributed by atoms with Gasteiger partial charge in [-0.05, 0) is 30.3 Å². The van der Waals surface area contributed by atoms with Crippen LogP contribution >= 0.6 is 11.3 Å². The second kappa shape index (κ2) is 8.54. The highest BCUT2D eigenvalue weighted by molar-refractivity contribution is 7.22. The number of fused-ring (bicyclic) bond motifs is 1.